The average molecular weight is 393 g/mol. The molecule has 0 radical (unpaired) electrons. The van der Waals surface area contributed by atoms with Crippen LogP contribution >= 0.6 is 0 Å². The van der Waals surface area contributed by atoms with Gasteiger partial charge in [0.1, 0.15) is 11.6 Å². The minimum Gasteiger partial charge on any atom is -0.494 e. The standard InChI is InChI=1S/C23H24FN3O2/c1-4-13-29-22-11-5-18(6-12-22)23(28)26-25-15-19-14-16(2)27(17(19)3)21-9-7-20(24)8-10-21/h5-12,14-15H,4,13H2,1-3H3,(H,26,28)/b25-15+. The highest BCUT2D eigenvalue weighted by Crippen LogP contribution is 2.20. The number of halogens is 1. The number of carbonyl (C=O) groups is 1. The van der Waals surface area contributed by atoms with Gasteiger partial charge in [-0.1, -0.05) is 6.92 Å². The number of hydrogen-bond donors (Lipinski definition) is 1. The summed E-state index contributed by atoms with van der Waals surface area (Å²) in [6.45, 7) is 6.60. The maximum absolute atomic E-state index is 13.2. The zero-order valence-electron chi connectivity index (χ0n) is 16.8. The third-order valence-electron chi connectivity index (χ3n) is 4.51. The van der Waals surface area contributed by atoms with E-state index in [9.17, 15) is 9.18 Å². The molecule has 0 fully saturated rings. The molecule has 1 amide bonds. The van der Waals surface area contributed by atoms with Crippen LogP contribution in [0.3, 0.4) is 0 Å². The van der Waals surface area contributed by atoms with Crippen molar-refractivity contribution in [2.75, 3.05) is 6.61 Å². The SMILES string of the molecule is CCCOc1ccc(C(=O)N/N=C/c2cc(C)n(-c3ccc(F)cc3)c2C)cc1. The summed E-state index contributed by atoms with van der Waals surface area (Å²) in [6.07, 6.45) is 2.54. The highest BCUT2D eigenvalue weighted by atomic mass is 19.1. The lowest BCUT2D eigenvalue weighted by Crippen LogP contribution is -2.17. The number of amides is 1. The summed E-state index contributed by atoms with van der Waals surface area (Å²) in [5.41, 5.74) is 6.73. The summed E-state index contributed by atoms with van der Waals surface area (Å²) in [4.78, 5) is 12.3. The van der Waals surface area contributed by atoms with Crippen molar-refractivity contribution in [2.24, 2.45) is 5.10 Å². The van der Waals surface area contributed by atoms with E-state index in [4.69, 9.17) is 4.74 Å². The van der Waals surface area contributed by atoms with Gasteiger partial charge >= 0.3 is 0 Å². The van der Waals surface area contributed by atoms with Gasteiger partial charge in [-0.15, -0.1) is 0 Å². The van der Waals surface area contributed by atoms with Crippen molar-refractivity contribution in [3.63, 3.8) is 0 Å². The van der Waals surface area contributed by atoms with E-state index in [1.54, 1.807) is 42.6 Å². The van der Waals surface area contributed by atoms with Crippen molar-refractivity contribution in [1.82, 2.24) is 9.99 Å². The Balaban J connectivity index is 1.68. The van der Waals surface area contributed by atoms with Crippen LogP contribution in [0.15, 0.2) is 59.7 Å². The van der Waals surface area contributed by atoms with Crippen LogP contribution in [0, 0.1) is 19.7 Å². The van der Waals surface area contributed by atoms with Crippen molar-refractivity contribution in [3.05, 3.63) is 82.9 Å². The largest absolute Gasteiger partial charge is 0.494 e. The number of aryl methyl sites for hydroxylation is 1. The van der Waals surface area contributed by atoms with Crippen LogP contribution in [0.1, 0.15) is 40.7 Å². The molecule has 0 aliphatic heterocycles. The third kappa shape index (κ3) is 4.90. The maximum atomic E-state index is 13.2. The number of rotatable bonds is 7. The minimum atomic E-state index is -0.296. The van der Waals surface area contributed by atoms with Crippen molar-refractivity contribution >= 4 is 12.1 Å². The first-order chi connectivity index (χ1) is 14.0. The Morgan fingerprint density at radius 3 is 2.48 bits per heavy atom. The number of hydrogen-bond acceptors (Lipinski definition) is 3. The van der Waals surface area contributed by atoms with Gasteiger partial charge in [-0.3, -0.25) is 4.79 Å². The summed E-state index contributed by atoms with van der Waals surface area (Å²) < 4.78 is 20.7. The van der Waals surface area contributed by atoms with Gasteiger partial charge in [0.05, 0.1) is 12.8 Å². The molecule has 3 rings (SSSR count). The first-order valence-corrected chi connectivity index (χ1v) is 9.50. The smallest absolute Gasteiger partial charge is 0.271 e. The number of aromatic nitrogens is 1. The van der Waals surface area contributed by atoms with Crippen LogP contribution in [-0.4, -0.2) is 23.3 Å². The molecule has 0 saturated carbocycles. The van der Waals surface area contributed by atoms with Gasteiger partial charge in [0.2, 0.25) is 0 Å². The second kappa shape index (κ2) is 9.19. The van der Waals surface area contributed by atoms with E-state index in [2.05, 4.69) is 10.5 Å². The second-order valence-electron chi connectivity index (χ2n) is 6.71. The fraction of sp³-hybridized carbons (Fsp3) is 0.217. The lowest BCUT2D eigenvalue weighted by Gasteiger charge is -2.09. The number of nitrogens with zero attached hydrogens (tertiary/aromatic N) is 2. The van der Waals surface area contributed by atoms with E-state index in [1.165, 1.54) is 12.1 Å². The molecule has 0 saturated heterocycles. The van der Waals surface area contributed by atoms with E-state index < -0.39 is 0 Å². The molecule has 0 atom stereocenters. The van der Waals surface area contributed by atoms with E-state index in [0.29, 0.717) is 12.2 Å². The van der Waals surface area contributed by atoms with E-state index in [0.717, 1.165) is 34.8 Å². The summed E-state index contributed by atoms with van der Waals surface area (Å²) in [7, 11) is 0. The van der Waals surface area contributed by atoms with Gasteiger partial charge in [-0.25, -0.2) is 9.82 Å². The molecule has 0 bridgehead atoms. The van der Waals surface area contributed by atoms with Crippen molar-refractivity contribution < 1.29 is 13.9 Å². The van der Waals surface area contributed by atoms with Crippen LogP contribution in [0.5, 0.6) is 5.75 Å². The van der Waals surface area contributed by atoms with Crippen LogP contribution in [0.25, 0.3) is 5.69 Å². The van der Waals surface area contributed by atoms with Crippen LogP contribution in [-0.2, 0) is 0 Å². The number of carbonyl (C=O) groups excluding carboxylic acids is 1. The van der Waals surface area contributed by atoms with E-state index in [-0.39, 0.29) is 11.7 Å². The molecule has 0 unspecified atom stereocenters. The molecule has 1 aromatic heterocycles. The van der Waals surface area contributed by atoms with E-state index >= 15 is 0 Å². The predicted octanol–water partition coefficient (Wildman–Crippen LogP) is 4.79. The molecule has 1 heterocycles. The number of ether oxygens (including phenoxy) is 1. The van der Waals surface area contributed by atoms with Gasteiger partial charge in [-0.2, -0.15) is 5.10 Å². The Bertz CT molecular complexity index is 1010. The Hall–Kier alpha value is -3.41. The lowest BCUT2D eigenvalue weighted by atomic mass is 10.2. The normalized spacial score (nSPS) is 11.0. The van der Waals surface area contributed by atoms with Crippen molar-refractivity contribution in [3.8, 4) is 11.4 Å². The average Bonchev–Trinajstić information content (AvgIpc) is 3.00. The maximum Gasteiger partial charge on any atom is 0.271 e. The molecule has 6 heteroatoms. The monoisotopic (exact) mass is 393 g/mol. The Morgan fingerprint density at radius 2 is 1.83 bits per heavy atom. The predicted molar refractivity (Wildman–Crippen MR) is 112 cm³/mol. The van der Waals surface area contributed by atoms with Crippen molar-refractivity contribution in [2.45, 2.75) is 27.2 Å². The molecular formula is C23H24FN3O2. The number of nitrogens with one attached hydrogen (secondary N) is 1. The quantitative estimate of drug-likeness (QED) is 0.464. The summed E-state index contributed by atoms with van der Waals surface area (Å²) in [5, 5.41) is 4.08. The highest BCUT2D eigenvalue weighted by molar-refractivity contribution is 5.95. The number of benzene rings is 2. The molecule has 3 aromatic rings. The first kappa shape index (κ1) is 20.3. The molecule has 0 spiro atoms. The minimum absolute atomic E-state index is 0.273. The molecule has 5 nitrogen and oxygen atoms in total. The third-order valence-corrected chi connectivity index (χ3v) is 4.51. The Morgan fingerprint density at radius 1 is 1.14 bits per heavy atom. The van der Waals surface area contributed by atoms with Gasteiger partial charge < -0.3 is 9.30 Å². The molecule has 0 aliphatic rings. The molecular weight excluding hydrogens is 369 g/mol. The van der Waals surface area contributed by atoms with Gasteiger partial charge in [0.25, 0.3) is 5.91 Å². The summed E-state index contributed by atoms with van der Waals surface area (Å²) in [5.74, 6) is 0.168. The molecule has 2 aromatic carbocycles. The summed E-state index contributed by atoms with van der Waals surface area (Å²) >= 11 is 0. The molecule has 0 aliphatic carbocycles. The Labute approximate surface area is 169 Å². The van der Waals surface area contributed by atoms with Gasteiger partial charge in [0, 0.05) is 28.2 Å². The second-order valence-corrected chi connectivity index (χ2v) is 6.71. The topological polar surface area (TPSA) is 55.6 Å². The first-order valence-electron chi connectivity index (χ1n) is 9.50. The van der Waals surface area contributed by atoms with Crippen LogP contribution in [0.2, 0.25) is 0 Å². The van der Waals surface area contributed by atoms with Crippen LogP contribution < -0.4 is 10.2 Å². The summed E-state index contributed by atoms with van der Waals surface area (Å²) in [6, 6.07) is 15.2. The highest BCUT2D eigenvalue weighted by Gasteiger charge is 2.10. The van der Waals surface area contributed by atoms with Crippen molar-refractivity contribution in [1.29, 1.82) is 0 Å². The fourth-order valence-corrected chi connectivity index (χ4v) is 3.05. The van der Waals surface area contributed by atoms with Crippen LogP contribution in [0.4, 0.5) is 4.39 Å². The fourth-order valence-electron chi connectivity index (χ4n) is 3.05. The molecule has 150 valence electrons. The Kier molecular flexibility index (Phi) is 6.44. The molecule has 29 heavy (non-hydrogen) atoms. The van der Waals surface area contributed by atoms with Gasteiger partial charge in [0.15, 0.2) is 0 Å². The zero-order chi connectivity index (χ0) is 20.8. The van der Waals surface area contributed by atoms with Gasteiger partial charge in [-0.05, 0) is 74.9 Å². The molecule has 1 N–H and O–H groups in total. The number of hydrazone groups is 1. The van der Waals surface area contributed by atoms with E-state index in [1.807, 2.05) is 31.4 Å². The zero-order valence-corrected chi connectivity index (χ0v) is 16.8. The lowest BCUT2D eigenvalue weighted by molar-refractivity contribution is 0.0955.